The van der Waals surface area contributed by atoms with Crippen LogP contribution in [0.2, 0.25) is 5.02 Å². The maximum absolute atomic E-state index is 12.8. The predicted molar refractivity (Wildman–Crippen MR) is 99.4 cm³/mol. The minimum absolute atomic E-state index is 0.0412. The van der Waals surface area contributed by atoms with E-state index < -0.39 is 17.7 Å². The zero-order chi connectivity index (χ0) is 20.7. The van der Waals surface area contributed by atoms with E-state index in [1.165, 1.54) is 13.2 Å². The van der Waals surface area contributed by atoms with Crippen molar-refractivity contribution < 1.29 is 32.2 Å². The number of esters is 1. The lowest BCUT2D eigenvalue weighted by Gasteiger charge is -2.17. The number of halogens is 4. The van der Waals surface area contributed by atoms with E-state index in [1.807, 2.05) is 0 Å². The first-order valence-electron chi connectivity index (χ1n) is 7.99. The molecule has 9 heteroatoms. The summed E-state index contributed by atoms with van der Waals surface area (Å²) in [5, 5.41) is 2.71. The molecule has 0 radical (unpaired) electrons. The zero-order valence-corrected chi connectivity index (χ0v) is 15.6. The lowest BCUT2D eigenvalue weighted by atomic mass is 10.2. The monoisotopic (exact) mass is 415 g/mol. The molecular formula is C19H17ClF3NO4. The van der Waals surface area contributed by atoms with Gasteiger partial charge < -0.3 is 19.5 Å². The number of benzene rings is 2. The van der Waals surface area contributed by atoms with Crippen LogP contribution in [0.3, 0.4) is 0 Å². The van der Waals surface area contributed by atoms with Gasteiger partial charge in [-0.3, -0.25) is 0 Å². The third-order valence-electron chi connectivity index (χ3n) is 3.46. The van der Waals surface area contributed by atoms with Gasteiger partial charge in [-0.15, -0.1) is 0 Å². The first-order valence-corrected chi connectivity index (χ1v) is 8.36. The number of hydrogen-bond acceptors (Lipinski definition) is 5. The molecule has 0 amide bonds. The smallest absolute Gasteiger partial charge is 0.416 e. The van der Waals surface area contributed by atoms with Crippen molar-refractivity contribution in [3.8, 4) is 11.5 Å². The largest absolute Gasteiger partial charge is 0.487 e. The van der Waals surface area contributed by atoms with Crippen LogP contribution in [-0.2, 0) is 15.7 Å². The fourth-order valence-corrected chi connectivity index (χ4v) is 2.38. The third kappa shape index (κ3) is 5.64. The summed E-state index contributed by atoms with van der Waals surface area (Å²) in [6.07, 6.45) is -3.54. The highest BCUT2D eigenvalue weighted by molar-refractivity contribution is 6.33. The molecule has 2 aromatic rings. The summed E-state index contributed by atoms with van der Waals surface area (Å²) in [5.41, 5.74) is -0.413. The molecule has 0 heterocycles. The molecule has 0 saturated carbocycles. The number of hydrogen-bond donors (Lipinski definition) is 1. The lowest BCUT2D eigenvalue weighted by Crippen LogP contribution is -2.10. The summed E-state index contributed by atoms with van der Waals surface area (Å²) in [6.45, 7) is 3.84. The van der Waals surface area contributed by atoms with Crippen molar-refractivity contribution in [2.24, 2.45) is 0 Å². The summed E-state index contributed by atoms with van der Waals surface area (Å²) in [7, 11) is 1.51. The van der Waals surface area contributed by atoms with Gasteiger partial charge in [0, 0.05) is 13.2 Å². The summed E-state index contributed by atoms with van der Waals surface area (Å²) in [5.74, 6) is -0.455. The highest BCUT2D eigenvalue weighted by Gasteiger charge is 2.31. The topological polar surface area (TPSA) is 56.8 Å². The van der Waals surface area contributed by atoms with Gasteiger partial charge in [-0.2, -0.15) is 13.2 Å². The van der Waals surface area contributed by atoms with Crippen LogP contribution in [0.25, 0.3) is 0 Å². The van der Waals surface area contributed by atoms with Crippen LogP contribution < -0.4 is 14.8 Å². The molecule has 0 aromatic heterocycles. The van der Waals surface area contributed by atoms with Crippen molar-refractivity contribution >= 4 is 28.9 Å². The first-order chi connectivity index (χ1) is 13.3. The number of ether oxygens (including phenoxy) is 3. The van der Waals surface area contributed by atoms with Crippen LogP contribution in [0.1, 0.15) is 5.56 Å². The van der Waals surface area contributed by atoms with E-state index in [-0.39, 0.29) is 34.5 Å². The second kappa shape index (κ2) is 9.48. The average molecular weight is 416 g/mol. The number of alkyl halides is 3. The van der Waals surface area contributed by atoms with E-state index >= 15 is 0 Å². The number of anilines is 2. The quantitative estimate of drug-likeness (QED) is 0.277. The molecule has 0 spiro atoms. The minimum atomic E-state index is -4.51. The van der Waals surface area contributed by atoms with Gasteiger partial charge in [-0.1, -0.05) is 24.2 Å². The van der Waals surface area contributed by atoms with Crippen molar-refractivity contribution in [1.82, 2.24) is 0 Å². The maximum Gasteiger partial charge on any atom is 0.416 e. The van der Waals surface area contributed by atoms with E-state index in [0.29, 0.717) is 6.61 Å². The number of nitrogens with one attached hydrogen (secondary N) is 1. The van der Waals surface area contributed by atoms with Gasteiger partial charge in [-0.05, 0) is 30.3 Å². The number of carbonyl (C=O) groups is 1. The van der Waals surface area contributed by atoms with Gasteiger partial charge in [0.2, 0.25) is 0 Å². The molecule has 28 heavy (non-hydrogen) atoms. The van der Waals surface area contributed by atoms with Crippen molar-refractivity contribution in [3.63, 3.8) is 0 Å². The Morgan fingerprint density at radius 2 is 1.96 bits per heavy atom. The Kier molecular flexibility index (Phi) is 7.31. The summed E-state index contributed by atoms with van der Waals surface area (Å²) in [6, 6.07) is 7.63. The lowest BCUT2D eigenvalue weighted by molar-refractivity contribution is -0.137. The zero-order valence-electron chi connectivity index (χ0n) is 14.8. The molecule has 150 valence electrons. The van der Waals surface area contributed by atoms with Crippen molar-refractivity contribution in [3.05, 3.63) is 59.6 Å². The Bertz CT molecular complexity index is 856. The molecule has 0 bridgehead atoms. The van der Waals surface area contributed by atoms with E-state index in [0.717, 1.165) is 18.2 Å². The summed E-state index contributed by atoms with van der Waals surface area (Å²) >= 11 is 5.98. The number of methoxy groups -OCH3 is 1. The molecule has 0 saturated heterocycles. The number of para-hydroxylation sites is 1. The fraction of sp³-hybridized carbons (Fsp3) is 0.211. The Morgan fingerprint density at radius 1 is 1.21 bits per heavy atom. The van der Waals surface area contributed by atoms with E-state index in [2.05, 4.69) is 11.9 Å². The Morgan fingerprint density at radius 3 is 2.57 bits per heavy atom. The van der Waals surface area contributed by atoms with Crippen molar-refractivity contribution in [2.75, 3.05) is 25.6 Å². The van der Waals surface area contributed by atoms with Crippen LogP contribution in [-0.4, -0.2) is 26.3 Å². The average Bonchev–Trinajstić information content (AvgIpc) is 2.64. The molecule has 2 rings (SSSR count). The normalized spacial score (nSPS) is 11.0. The minimum Gasteiger partial charge on any atom is -0.487 e. The molecule has 0 atom stereocenters. The molecule has 0 aliphatic carbocycles. The Balaban J connectivity index is 2.37. The van der Waals surface area contributed by atoms with E-state index in [4.69, 9.17) is 25.8 Å². The molecule has 1 N–H and O–H groups in total. The van der Waals surface area contributed by atoms with Gasteiger partial charge in [0.05, 0.1) is 28.6 Å². The maximum atomic E-state index is 12.8. The van der Waals surface area contributed by atoms with Gasteiger partial charge in [0.15, 0.2) is 11.5 Å². The highest BCUT2D eigenvalue weighted by atomic mass is 35.5. The second-order valence-corrected chi connectivity index (χ2v) is 5.82. The molecule has 0 aliphatic heterocycles. The number of carbonyl (C=O) groups excluding carboxylic acids is 1. The summed E-state index contributed by atoms with van der Waals surface area (Å²) in [4.78, 5) is 11.7. The Hall–Kier alpha value is -2.71. The third-order valence-corrected chi connectivity index (χ3v) is 3.77. The second-order valence-electron chi connectivity index (χ2n) is 5.42. The van der Waals surface area contributed by atoms with Crippen LogP contribution in [0.15, 0.2) is 49.1 Å². The van der Waals surface area contributed by atoms with Gasteiger partial charge in [0.1, 0.15) is 6.61 Å². The van der Waals surface area contributed by atoms with E-state index in [1.54, 1.807) is 18.2 Å². The predicted octanol–water partition coefficient (Wildman–Crippen LogP) is 5.22. The molecule has 0 aliphatic rings. The van der Waals surface area contributed by atoms with Crippen LogP contribution >= 0.6 is 11.6 Å². The van der Waals surface area contributed by atoms with Crippen molar-refractivity contribution in [1.29, 1.82) is 0 Å². The van der Waals surface area contributed by atoms with Gasteiger partial charge >= 0.3 is 12.1 Å². The SMILES string of the molecule is C=CC(=O)Oc1c(Nc2ccc(C(F)(F)F)cc2Cl)cccc1OCCOC. The van der Waals surface area contributed by atoms with Crippen LogP contribution in [0, 0.1) is 0 Å². The van der Waals surface area contributed by atoms with Crippen LogP contribution in [0.4, 0.5) is 24.5 Å². The molecule has 5 nitrogen and oxygen atoms in total. The molecule has 0 fully saturated rings. The standard InChI is InChI=1S/C19H17ClF3NO4/c1-3-17(25)28-18-15(5-4-6-16(18)27-10-9-26-2)24-14-8-7-12(11-13(14)20)19(21,22)23/h3-8,11,24H,1,9-10H2,2H3. The van der Waals surface area contributed by atoms with E-state index in [9.17, 15) is 18.0 Å². The van der Waals surface area contributed by atoms with Crippen molar-refractivity contribution in [2.45, 2.75) is 6.18 Å². The summed E-state index contributed by atoms with van der Waals surface area (Å²) < 4.78 is 54.1. The first kappa shape index (κ1) is 21.6. The molecule has 2 aromatic carbocycles. The molecular weight excluding hydrogens is 399 g/mol. The van der Waals surface area contributed by atoms with Gasteiger partial charge in [-0.25, -0.2) is 4.79 Å². The fourth-order valence-electron chi connectivity index (χ4n) is 2.15. The highest BCUT2D eigenvalue weighted by Crippen LogP contribution is 2.40. The van der Waals surface area contributed by atoms with Gasteiger partial charge in [0.25, 0.3) is 0 Å². The Labute approximate surface area is 164 Å². The number of rotatable bonds is 8. The molecule has 0 unspecified atom stereocenters. The van der Waals surface area contributed by atoms with Crippen LogP contribution in [0.5, 0.6) is 11.5 Å².